The van der Waals surface area contributed by atoms with E-state index in [1.54, 1.807) is 0 Å². The van der Waals surface area contributed by atoms with Crippen LogP contribution in [0.5, 0.6) is 0 Å². The van der Waals surface area contributed by atoms with Crippen LogP contribution in [0.15, 0.2) is 46.9 Å². The van der Waals surface area contributed by atoms with Crippen molar-refractivity contribution in [1.82, 2.24) is 0 Å². The molecule has 110 valence electrons. The Morgan fingerprint density at radius 3 is 2.76 bits per heavy atom. The SMILES string of the molecule is NCC1(Nc2ccccc2Cl)CCc2cc(Br)ccc2C1. The Labute approximate surface area is 138 Å². The highest BCUT2D eigenvalue weighted by atomic mass is 79.9. The molecule has 2 aromatic rings. The van der Waals surface area contributed by atoms with Gasteiger partial charge in [-0.2, -0.15) is 0 Å². The summed E-state index contributed by atoms with van der Waals surface area (Å²) < 4.78 is 1.14. The van der Waals surface area contributed by atoms with Crippen molar-refractivity contribution in [3.05, 3.63) is 63.1 Å². The highest BCUT2D eigenvalue weighted by Gasteiger charge is 2.33. The summed E-state index contributed by atoms with van der Waals surface area (Å²) in [5.74, 6) is 0. The first-order valence-corrected chi connectivity index (χ1v) is 8.29. The van der Waals surface area contributed by atoms with Crippen molar-refractivity contribution in [1.29, 1.82) is 0 Å². The molecule has 1 unspecified atom stereocenters. The third-order valence-electron chi connectivity index (χ3n) is 4.23. The van der Waals surface area contributed by atoms with E-state index in [0.29, 0.717) is 6.54 Å². The van der Waals surface area contributed by atoms with E-state index in [1.807, 2.05) is 24.3 Å². The van der Waals surface area contributed by atoms with E-state index >= 15 is 0 Å². The minimum absolute atomic E-state index is 0.119. The van der Waals surface area contributed by atoms with Gasteiger partial charge in [0.2, 0.25) is 0 Å². The zero-order valence-electron chi connectivity index (χ0n) is 11.7. The Bertz CT molecular complexity index is 659. The summed E-state index contributed by atoms with van der Waals surface area (Å²) in [5.41, 5.74) is 9.73. The second kappa shape index (κ2) is 5.99. The molecule has 0 saturated carbocycles. The molecule has 2 aromatic carbocycles. The van der Waals surface area contributed by atoms with Crippen molar-refractivity contribution in [2.24, 2.45) is 5.73 Å². The number of nitrogens with one attached hydrogen (secondary N) is 1. The van der Waals surface area contributed by atoms with Crippen LogP contribution in [0.2, 0.25) is 5.02 Å². The van der Waals surface area contributed by atoms with Gasteiger partial charge in [0, 0.05) is 11.0 Å². The van der Waals surface area contributed by atoms with Crippen molar-refractivity contribution < 1.29 is 0 Å². The van der Waals surface area contributed by atoms with Crippen molar-refractivity contribution in [3.8, 4) is 0 Å². The summed E-state index contributed by atoms with van der Waals surface area (Å²) in [7, 11) is 0. The van der Waals surface area contributed by atoms with Gasteiger partial charge in [-0.15, -0.1) is 0 Å². The molecule has 0 fully saturated rings. The lowest BCUT2D eigenvalue weighted by Gasteiger charge is -2.39. The fraction of sp³-hybridized carbons (Fsp3) is 0.294. The molecule has 0 saturated heterocycles. The van der Waals surface area contributed by atoms with Gasteiger partial charge in [-0.05, 0) is 54.7 Å². The van der Waals surface area contributed by atoms with Crippen molar-refractivity contribution >= 4 is 33.2 Å². The Morgan fingerprint density at radius 2 is 2.00 bits per heavy atom. The minimum Gasteiger partial charge on any atom is -0.377 e. The number of para-hydroxylation sites is 1. The number of rotatable bonds is 3. The largest absolute Gasteiger partial charge is 0.377 e. The van der Waals surface area contributed by atoms with E-state index < -0.39 is 0 Å². The fourth-order valence-corrected chi connectivity index (χ4v) is 3.60. The number of benzene rings is 2. The molecule has 0 aromatic heterocycles. The maximum absolute atomic E-state index is 6.27. The smallest absolute Gasteiger partial charge is 0.0637 e. The molecule has 0 amide bonds. The van der Waals surface area contributed by atoms with Crippen molar-refractivity contribution in [3.63, 3.8) is 0 Å². The third-order valence-corrected chi connectivity index (χ3v) is 5.06. The second-order valence-corrected chi connectivity index (χ2v) is 7.00. The first-order chi connectivity index (χ1) is 10.1. The van der Waals surface area contributed by atoms with Crippen LogP contribution >= 0.6 is 27.5 Å². The van der Waals surface area contributed by atoms with Gasteiger partial charge in [-0.1, -0.05) is 45.7 Å². The van der Waals surface area contributed by atoms with Gasteiger partial charge < -0.3 is 11.1 Å². The lowest BCUT2D eigenvalue weighted by atomic mass is 9.77. The summed E-state index contributed by atoms with van der Waals surface area (Å²) in [4.78, 5) is 0. The van der Waals surface area contributed by atoms with E-state index in [2.05, 4.69) is 39.4 Å². The van der Waals surface area contributed by atoms with Gasteiger partial charge >= 0.3 is 0 Å². The first-order valence-electron chi connectivity index (χ1n) is 7.12. The predicted molar refractivity (Wildman–Crippen MR) is 93.0 cm³/mol. The van der Waals surface area contributed by atoms with Gasteiger partial charge in [0.1, 0.15) is 0 Å². The zero-order valence-corrected chi connectivity index (χ0v) is 14.0. The monoisotopic (exact) mass is 364 g/mol. The zero-order chi connectivity index (χ0) is 14.9. The van der Waals surface area contributed by atoms with Crippen LogP contribution in [-0.2, 0) is 12.8 Å². The second-order valence-electron chi connectivity index (χ2n) is 5.68. The van der Waals surface area contributed by atoms with Gasteiger partial charge in [0.05, 0.1) is 16.2 Å². The summed E-state index contributed by atoms with van der Waals surface area (Å²) in [6.07, 6.45) is 2.97. The number of halogens is 2. The quantitative estimate of drug-likeness (QED) is 0.846. The molecule has 3 rings (SSSR count). The average Bonchev–Trinajstić information content (AvgIpc) is 2.50. The molecule has 3 N–H and O–H groups in total. The number of anilines is 1. The maximum Gasteiger partial charge on any atom is 0.0637 e. The van der Waals surface area contributed by atoms with Crippen LogP contribution in [0.25, 0.3) is 0 Å². The summed E-state index contributed by atoms with van der Waals surface area (Å²) in [6.45, 7) is 0.591. The number of hydrogen-bond donors (Lipinski definition) is 2. The number of aryl methyl sites for hydroxylation is 1. The minimum atomic E-state index is -0.119. The Kier molecular flexibility index (Phi) is 4.25. The molecule has 1 aliphatic rings. The van der Waals surface area contributed by atoms with Crippen LogP contribution in [0.4, 0.5) is 5.69 Å². The topological polar surface area (TPSA) is 38.0 Å². The first kappa shape index (κ1) is 14.9. The molecular weight excluding hydrogens is 348 g/mol. The lowest BCUT2D eigenvalue weighted by molar-refractivity contribution is 0.417. The van der Waals surface area contributed by atoms with Crippen LogP contribution in [0.1, 0.15) is 17.5 Å². The molecule has 0 spiro atoms. The Balaban J connectivity index is 1.89. The van der Waals surface area contributed by atoms with Gasteiger partial charge in [-0.25, -0.2) is 0 Å². The molecule has 0 bridgehead atoms. The average molecular weight is 366 g/mol. The predicted octanol–water partition coefficient (Wildman–Crippen LogP) is 4.40. The molecule has 21 heavy (non-hydrogen) atoms. The van der Waals surface area contributed by atoms with Crippen molar-refractivity contribution in [2.45, 2.75) is 24.8 Å². The van der Waals surface area contributed by atoms with Gasteiger partial charge in [0.15, 0.2) is 0 Å². The van der Waals surface area contributed by atoms with Gasteiger partial charge in [0.25, 0.3) is 0 Å². The molecule has 0 radical (unpaired) electrons. The van der Waals surface area contributed by atoms with Crippen LogP contribution in [-0.4, -0.2) is 12.1 Å². The third kappa shape index (κ3) is 3.10. The molecule has 1 aliphatic carbocycles. The number of hydrogen-bond acceptors (Lipinski definition) is 2. The molecule has 1 atom stereocenters. The Hall–Kier alpha value is -1.03. The standard InChI is InChI=1S/C17H18BrClN2/c18-14-6-5-13-10-17(11-20,8-7-12(13)9-14)21-16-4-2-1-3-15(16)19/h1-6,9,21H,7-8,10-11,20H2. The van der Waals surface area contributed by atoms with Crippen LogP contribution < -0.4 is 11.1 Å². The van der Waals surface area contributed by atoms with Gasteiger partial charge in [-0.3, -0.25) is 0 Å². The molecular formula is C17H18BrClN2. The van der Waals surface area contributed by atoms with E-state index in [9.17, 15) is 0 Å². The highest BCUT2D eigenvalue weighted by molar-refractivity contribution is 9.10. The van der Waals surface area contributed by atoms with Crippen molar-refractivity contribution in [2.75, 3.05) is 11.9 Å². The highest BCUT2D eigenvalue weighted by Crippen LogP contribution is 2.34. The van der Waals surface area contributed by atoms with E-state index in [0.717, 1.165) is 34.4 Å². The van der Waals surface area contributed by atoms with E-state index in [4.69, 9.17) is 17.3 Å². The maximum atomic E-state index is 6.27. The van der Waals surface area contributed by atoms with Crippen LogP contribution in [0.3, 0.4) is 0 Å². The van der Waals surface area contributed by atoms with E-state index in [1.165, 1.54) is 11.1 Å². The molecule has 4 heteroatoms. The summed E-state index contributed by atoms with van der Waals surface area (Å²) >= 11 is 9.82. The van der Waals surface area contributed by atoms with E-state index in [-0.39, 0.29) is 5.54 Å². The summed E-state index contributed by atoms with van der Waals surface area (Å²) in [6, 6.07) is 14.4. The number of nitrogens with two attached hydrogens (primary N) is 1. The molecule has 0 aliphatic heterocycles. The number of fused-ring (bicyclic) bond motifs is 1. The fourth-order valence-electron chi connectivity index (χ4n) is 3.01. The normalized spacial score (nSPS) is 20.9. The molecule has 2 nitrogen and oxygen atoms in total. The Morgan fingerprint density at radius 1 is 1.19 bits per heavy atom. The molecule has 0 heterocycles. The van der Waals surface area contributed by atoms with Crippen LogP contribution in [0, 0.1) is 0 Å². The summed E-state index contributed by atoms with van der Waals surface area (Å²) in [5, 5.41) is 4.34. The lowest BCUT2D eigenvalue weighted by Crippen LogP contribution is -2.49.